The number of anilines is 1. The molecule has 0 aliphatic carbocycles. The number of nitrogens with one attached hydrogen (secondary N) is 2. The third-order valence-corrected chi connectivity index (χ3v) is 6.57. The minimum atomic E-state index is -5.08. The van der Waals surface area contributed by atoms with Crippen LogP contribution in [0.5, 0.6) is 0 Å². The molecule has 5 N–H and O–H groups in total. The number of amides is 2. The van der Waals surface area contributed by atoms with Crippen molar-refractivity contribution < 1.29 is 32.7 Å². The molecule has 0 unspecified atom stereocenters. The van der Waals surface area contributed by atoms with Crippen LogP contribution in [0, 0.1) is 5.92 Å². The van der Waals surface area contributed by atoms with Crippen LogP contribution < -0.4 is 16.4 Å². The second kappa shape index (κ2) is 14.2. The summed E-state index contributed by atoms with van der Waals surface area (Å²) in [4.78, 5) is 34.8. The average Bonchev–Trinajstić information content (AvgIpc) is 3.43. The third kappa shape index (κ3) is 12.8. The first-order valence-electron chi connectivity index (χ1n) is 11.2. The number of carboxylic acid groups (broad SMARTS) is 1. The molecule has 2 heterocycles. The minimum Gasteiger partial charge on any atom is -0.475 e. The summed E-state index contributed by atoms with van der Waals surface area (Å²) in [6, 6.07) is 3.00. The Kier molecular flexibility index (Phi) is 12.3. The Labute approximate surface area is 221 Å². The van der Waals surface area contributed by atoms with Gasteiger partial charge in [-0.3, -0.25) is 14.9 Å². The van der Waals surface area contributed by atoms with Crippen molar-refractivity contribution in [1.29, 1.82) is 0 Å². The molecule has 14 heteroatoms. The summed E-state index contributed by atoms with van der Waals surface area (Å²) in [6.45, 7) is 10.3. The first kappa shape index (κ1) is 32.2. The van der Waals surface area contributed by atoms with Crippen molar-refractivity contribution >= 4 is 45.6 Å². The van der Waals surface area contributed by atoms with E-state index in [4.69, 9.17) is 15.6 Å². The zero-order valence-electron chi connectivity index (χ0n) is 21.1. The smallest absolute Gasteiger partial charge is 0.475 e. The van der Waals surface area contributed by atoms with E-state index >= 15 is 0 Å². The SMILES string of the molecule is CC(C)C[C@@H](/C=C/C(=O)Nc1nnc(C(C)(C)C)s1)NC(=O)[C@@H](N)Cc1cccs1.O=C(O)C(F)(F)F. The number of nitrogens with two attached hydrogens (primary N) is 1. The van der Waals surface area contributed by atoms with Gasteiger partial charge in [0.2, 0.25) is 16.9 Å². The second-order valence-electron chi connectivity index (χ2n) is 9.45. The van der Waals surface area contributed by atoms with Crippen LogP contribution >= 0.6 is 22.7 Å². The molecule has 9 nitrogen and oxygen atoms in total. The summed E-state index contributed by atoms with van der Waals surface area (Å²) >= 11 is 2.94. The van der Waals surface area contributed by atoms with Crippen molar-refractivity contribution in [2.45, 2.75) is 71.1 Å². The van der Waals surface area contributed by atoms with E-state index in [9.17, 15) is 22.8 Å². The Balaban J connectivity index is 0.000000856. The quantitative estimate of drug-likeness (QED) is 0.336. The standard InChI is InChI=1S/C21H31N5O2S2.C2HF3O2/c1-13(2)11-14(23-18(28)16(22)12-15-7-6-10-29-15)8-9-17(27)24-20-26-25-19(30-20)21(3,4)5;3-2(4,5)1(6)7/h6-10,13-14,16H,11-12,22H2,1-5H3,(H,23,28)(H,24,26,27);(H,6,7)/b9-8+;/t14-,16+;/m1./s1. The average molecular weight is 564 g/mol. The van der Waals surface area contributed by atoms with Gasteiger partial charge in [-0.15, -0.1) is 21.5 Å². The number of hydrogen-bond donors (Lipinski definition) is 4. The van der Waals surface area contributed by atoms with Gasteiger partial charge in [0, 0.05) is 28.8 Å². The zero-order valence-corrected chi connectivity index (χ0v) is 22.8. The molecule has 2 atom stereocenters. The van der Waals surface area contributed by atoms with Crippen molar-refractivity contribution in [3.05, 3.63) is 39.5 Å². The maximum absolute atomic E-state index is 12.5. The Bertz CT molecular complexity index is 1050. The highest BCUT2D eigenvalue weighted by molar-refractivity contribution is 7.15. The summed E-state index contributed by atoms with van der Waals surface area (Å²) < 4.78 is 31.7. The molecule has 0 saturated heterocycles. The van der Waals surface area contributed by atoms with Crippen molar-refractivity contribution in [3.63, 3.8) is 0 Å². The van der Waals surface area contributed by atoms with Gasteiger partial charge in [-0.2, -0.15) is 13.2 Å². The normalized spacial score (nSPS) is 13.6. The molecule has 0 saturated carbocycles. The van der Waals surface area contributed by atoms with E-state index in [-0.39, 0.29) is 23.3 Å². The van der Waals surface area contributed by atoms with Crippen LogP contribution in [0.3, 0.4) is 0 Å². The van der Waals surface area contributed by atoms with Gasteiger partial charge in [-0.1, -0.05) is 58.1 Å². The number of nitrogens with zero attached hydrogens (tertiary/aromatic N) is 2. The number of aliphatic carboxylic acids is 1. The first-order valence-corrected chi connectivity index (χ1v) is 12.9. The van der Waals surface area contributed by atoms with Crippen LogP contribution in [-0.2, 0) is 26.2 Å². The van der Waals surface area contributed by atoms with Crippen LogP contribution in [0.2, 0.25) is 0 Å². The summed E-state index contributed by atoms with van der Waals surface area (Å²) in [5.41, 5.74) is 5.94. The number of carboxylic acids is 1. The molecule has 37 heavy (non-hydrogen) atoms. The predicted molar refractivity (Wildman–Crippen MR) is 137 cm³/mol. The van der Waals surface area contributed by atoms with Crippen LogP contribution in [0.15, 0.2) is 29.7 Å². The topological polar surface area (TPSA) is 147 Å². The molecule has 2 rings (SSSR count). The minimum absolute atomic E-state index is 0.120. The number of carbonyl (C=O) groups excluding carboxylic acids is 2. The number of halogens is 3. The highest BCUT2D eigenvalue weighted by Gasteiger charge is 2.38. The maximum Gasteiger partial charge on any atom is 0.490 e. The van der Waals surface area contributed by atoms with Gasteiger partial charge in [-0.05, 0) is 23.8 Å². The number of thiophene rings is 1. The molecular weight excluding hydrogens is 531 g/mol. The first-order chi connectivity index (χ1) is 17.0. The van der Waals surface area contributed by atoms with Crippen LogP contribution in [0.1, 0.15) is 50.9 Å². The Morgan fingerprint density at radius 3 is 2.27 bits per heavy atom. The van der Waals surface area contributed by atoms with Gasteiger partial charge in [0.25, 0.3) is 0 Å². The van der Waals surface area contributed by atoms with Crippen LogP contribution in [0.25, 0.3) is 0 Å². The van der Waals surface area contributed by atoms with E-state index in [1.807, 2.05) is 38.3 Å². The molecule has 0 aliphatic heterocycles. The molecule has 0 aliphatic rings. The van der Waals surface area contributed by atoms with Gasteiger partial charge in [0.15, 0.2) is 0 Å². The van der Waals surface area contributed by atoms with E-state index < -0.39 is 18.2 Å². The van der Waals surface area contributed by atoms with Crippen molar-refractivity contribution in [2.75, 3.05) is 5.32 Å². The Hall–Kier alpha value is -2.84. The van der Waals surface area contributed by atoms with E-state index in [0.717, 1.165) is 9.88 Å². The lowest BCUT2D eigenvalue weighted by Gasteiger charge is -2.19. The number of rotatable bonds is 9. The van der Waals surface area contributed by atoms with Gasteiger partial charge >= 0.3 is 12.1 Å². The largest absolute Gasteiger partial charge is 0.490 e. The molecule has 2 aromatic heterocycles. The van der Waals surface area contributed by atoms with Crippen molar-refractivity contribution in [3.8, 4) is 0 Å². The van der Waals surface area contributed by atoms with Gasteiger partial charge in [0.1, 0.15) is 5.01 Å². The molecule has 0 fully saturated rings. The molecule has 206 valence electrons. The molecule has 0 spiro atoms. The summed E-state index contributed by atoms with van der Waals surface area (Å²) in [7, 11) is 0. The van der Waals surface area contributed by atoms with E-state index in [0.29, 0.717) is 23.9 Å². The van der Waals surface area contributed by atoms with Crippen LogP contribution in [-0.4, -0.2) is 51.3 Å². The number of aromatic nitrogens is 2. The van der Waals surface area contributed by atoms with Crippen molar-refractivity contribution in [1.82, 2.24) is 15.5 Å². The van der Waals surface area contributed by atoms with E-state index in [1.165, 1.54) is 17.4 Å². The maximum atomic E-state index is 12.5. The lowest BCUT2D eigenvalue weighted by Crippen LogP contribution is -2.46. The van der Waals surface area contributed by atoms with Gasteiger partial charge in [0.05, 0.1) is 6.04 Å². The number of hydrogen-bond acceptors (Lipinski definition) is 8. The molecule has 2 amide bonds. The monoisotopic (exact) mass is 563 g/mol. The molecule has 2 aromatic rings. The zero-order chi connectivity index (χ0) is 28.4. The Morgan fingerprint density at radius 2 is 1.81 bits per heavy atom. The second-order valence-corrected chi connectivity index (χ2v) is 11.5. The molecule has 0 radical (unpaired) electrons. The highest BCUT2D eigenvalue weighted by atomic mass is 32.1. The van der Waals surface area contributed by atoms with E-state index in [2.05, 4.69) is 34.7 Å². The lowest BCUT2D eigenvalue weighted by atomic mass is 9.98. The summed E-state index contributed by atoms with van der Waals surface area (Å²) in [6.07, 6.45) is -0.753. The van der Waals surface area contributed by atoms with Crippen LogP contribution in [0.4, 0.5) is 18.3 Å². The third-order valence-electron chi connectivity index (χ3n) is 4.41. The van der Waals surface area contributed by atoms with E-state index in [1.54, 1.807) is 17.4 Å². The molecule has 0 aromatic carbocycles. The van der Waals surface area contributed by atoms with Gasteiger partial charge < -0.3 is 16.2 Å². The number of alkyl halides is 3. The molecular formula is C23H32F3N5O4S2. The highest BCUT2D eigenvalue weighted by Crippen LogP contribution is 2.27. The van der Waals surface area contributed by atoms with Crippen molar-refractivity contribution in [2.24, 2.45) is 11.7 Å². The summed E-state index contributed by atoms with van der Waals surface area (Å²) in [5.74, 6) is -2.95. The van der Waals surface area contributed by atoms with Gasteiger partial charge in [-0.25, -0.2) is 4.79 Å². The number of carbonyl (C=O) groups is 3. The predicted octanol–water partition coefficient (Wildman–Crippen LogP) is 4.13. The fraction of sp³-hybridized carbons (Fsp3) is 0.522. The fourth-order valence-corrected chi connectivity index (χ4v) is 4.22. The summed E-state index contributed by atoms with van der Waals surface area (Å²) in [5, 5.41) is 24.2. The Morgan fingerprint density at radius 1 is 1.19 bits per heavy atom. The fourth-order valence-electron chi connectivity index (χ4n) is 2.65. The lowest BCUT2D eigenvalue weighted by molar-refractivity contribution is -0.192. The molecule has 0 bridgehead atoms.